The van der Waals surface area contributed by atoms with E-state index in [1.54, 1.807) is 0 Å². The highest BCUT2D eigenvalue weighted by Gasteiger charge is 2.45. The van der Waals surface area contributed by atoms with E-state index in [4.69, 9.17) is 0 Å². The van der Waals surface area contributed by atoms with Crippen LogP contribution in [0.5, 0.6) is 0 Å². The van der Waals surface area contributed by atoms with Gasteiger partial charge in [-0.05, 0) is 51.1 Å². The Bertz CT molecular complexity index is 286. The quantitative estimate of drug-likeness (QED) is 0.782. The Hall–Kier alpha value is -0.570. The summed E-state index contributed by atoms with van der Waals surface area (Å²) in [4.78, 5) is 14.1. The molecule has 1 heterocycles. The first kappa shape index (κ1) is 13.9. The molecule has 0 radical (unpaired) electrons. The monoisotopic (exact) mass is 253 g/mol. The van der Waals surface area contributed by atoms with Gasteiger partial charge in [-0.25, -0.2) is 0 Å². The van der Waals surface area contributed by atoms with Gasteiger partial charge < -0.3 is 5.11 Å². The van der Waals surface area contributed by atoms with E-state index >= 15 is 0 Å². The summed E-state index contributed by atoms with van der Waals surface area (Å²) < 4.78 is 0. The molecule has 0 aromatic rings. The number of carboxylic acids is 1. The third-order valence-electron chi connectivity index (χ3n) is 4.98. The van der Waals surface area contributed by atoms with Crippen LogP contribution in [0.4, 0.5) is 0 Å². The maximum absolute atomic E-state index is 11.8. The second kappa shape index (κ2) is 6.05. The number of nitrogens with zero attached hydrogens (tertiary/aromatic N) is 1. The molecule has 0 aromatic heterocycles. The number of carboxylic acid groups (broad SMARTS) is 1. The zero-order chi connectivity index (χ0) is 13.0. The molecule has 1 aliphatic heterocycles. The molecule has 0 bridgehead atoms. The maximum Gasteiger partial charge on any atom is 0.324 e. The van der Waals surface area contributed by atoms with Gasteiger partial charge in [-0.3, -0.25) is 9.69 Å². The summed E-state index contributed by atoms with van der Waals surface area (Å²) >= 11 is 0. The van der Waals surface area contributed by atoms with Crippen LogP contribution in [0.25, 0.3) is 0 Å². The van der Waals surface area contributed by atoms with Crippen LogP contribution in [0, 0.1) is 5.92 Å². The van der Waals surface area contributed by atoms with Crippen LogP contribution in [0.1, 0.15) is 64.7 Å². The second-order valence-corrected chi connectivity index (χ2v) is 6.12. The van der Waals surface area contributed by atoms with Gasteiger partial charge in [-0.15, -0.1) is 0 Å². The maximum atomic E-state index is 11.8. The highest BCUT2D eigenvalue weighted by molar-refractivity contribution is 5.78. The molecule has 104 valence electrons. The zero-order valence-corrected chi connectivity index (χ0v) is 11.7. The molecule has 3 nitrogen and oxygen atoms in total. The highest BCUT2D eigenvalue weighted by Crippen LogP contribution is 2.38. The summed E-state index contributed by atoms with van der Waals surface area (Å²) in [6, 6.07) is 0. The summed E-state index contributed by atoms with van der Waals surface area (Å²) in [7, 11) is 0. The Kier molecular flexibility index (Phi) is 4.66. The predicted molar refractivity (Wildman–Crippen MR) is 72.7 cm³/mol. The largest absolute Gasteiger partial charge is 0.480 e. The van der Waals surface area contributed by atoms with Gasteiger partial charge in [0, 0.05) is 0 Å². The molecule has 1 saturated heterocycles. The first-order chi connectivity index (χ1) is 8.69. The van der Waals surface area contributed by atoms with E-state index in [1.165, 1.54) is 32.1 Å². The number of hydrogen-bond donors (Lipinski definition) is 1. The number of likely N-dealkylation sites (tertiary alicyclic amines) is 1. The lowest BCUT2D eigenvalue weighted by molar-refractivity contribution is -0.152. The van der Waals surface area contributed by atoms with Crippen molar-refractivity contribution in [2.75, 3.05) is 13.1 Å². The van der Waals surface area contributed by atoms with Gasteiger partial charge in [-0.2, -0.15) is 0 Å². The molecule has 0 amide bonds. The van der Waals surface area contributed by atoms with E-state index in [-0.39, 0.29) is 0 Å². The average molecular weight is 253 g/mol. The summed E-state index contributed by atoms with van der Waals surface area (Å²) in [6.45, 7) is 4.21. The van der Waals surface area contributed by atoms with Crippen molar-refractivity contribution in [2.45, 2.75) is 70.3 Å². The fourth-order valence-corrected chi connectivity index (χ4v) is 3.90. The molecule has 2 aliphatic rings. The standard InChI is InChI=1S/C15H27NO2/c1-2-6-13-7-5-9-15(10-8-13,14(17)18)16-11-3-4-12-16/h13H,2-12H2,1H3,(H,17,18). The molecule has 2 rings (SSSR count). The molecule has 2 atom stereocenters. The average Bonchev–Trinajstić information content (AvgIpc) is 2.79. The van der Waals surface area contributed by atoms with Crippen molar-refractivity contribution in [1.82, 2.24) is 4.90 Å². The molecular weight excluding hydrogens is 226 g/mol. The van der Waals surface area contributed by atoms with Gasteiger partial charge in [0.05, 0.1) is 0 Å². The Labute approximate surface area is 111 Å². The lowest BCUT2D eigenvalue weighted by Gasteiger charge is -2.37. The Morgan fingerprint density at radius 1 is 1.22 bits per heavy atom. The van der Waals surface area contributed by atoms with E-state index in [9.17, 15) is 9.90 Å². The van der Waals surface area contributed by atoms with Crippen molar-refractivity contribution in [3.8, 4) is 0 Å². The topological polar surface area (TPSA) is 40.5 Å². The zero-order valence-electron chi connectivity index (χ0n) is 11.7. The van der Waals surface area contributed by atoms with Crippen LogP contribution in [0.3, 0.4) is 0 Å². The number of rotatable bonds is 4. The lowest BCUT2D eigenvalue weighted by atomic mass is 9.87. The SMILES string of the molecule is CCCC1CCCC(C(=O)O)(N2CCCC2)CC1. The molecule has 1 aliphatic carbocycles. The van der Waals surface area contributed by atoms with Gasteiger partial charge in [0.25, 0.3) is 0 Å². The summed E-state index contributed by atoms with van der Waals surface area (Å²) in [5, 5.41) is 9.75. The predicted octanol–water partition coefficient (Wildman–Crippen LogP) is 3.29. The van der Waals surface area contributed by atoms with E-state index in [2.05, 4.69) is 11.8 Å². The van der Waals surface area contributed by atoms with Gasteiger partial charge in [-0.1, -0.05) is 32.6 Å². The number of aliphatic carboxylic acids is 1. The summed E-state index contributed by atoms with van der Waals surface area (Å²) in [5.74, 6) is 0.195. The van der Waals surface area contributed by atoms with Crippen molar-refractivity contribution in [2.24, 2.45) is 5.92 Å². The molecule has 0 spiro atoms. The molecular formula is C15H27NO2. The Morgan fingerprint density at radius 2 is 1.94 bits per heavy atom. The Balaban J connectivity index is 2.08. The third kappa shape index (κ3) is 2.71. The van der Waals surface area contributed by atoms with Gasteiger partial charge in [0.2, 0.25) is 0 Å². The van der Waals surface area contributed by atoms with Crippen molar-refractivity contribution in [3.05, 3.63) is 0 Å². The van der Waals surface area contributed by atoms with E-state index in [0.29, 0.717) is 0 Å². The molecule has 1 saturated carbocycles. The van der Waals surface area contributed by atoms with Crippen LogP contribution in [-0.4, -0.2) is 34.6 Å². The van der Waals surface area contributed by atoms with E-state index in [1.807, 2.05) is 0 Å². The molecule has 2 fully saturated rings. The molecule has 0 aromatic carbocycles. The smallest absolute Gasteiger partial charge is 0.324 e. The second-order valence-electron chi connectivity index (χ2n) is 6.12. The minimum absolute atomic E-state index is 0.529. The third-order valence-corrected chi connectivity index (χ3v) is 4.98. The van der Waals surface area contributed by atoms with E-state index in [0.717, 1.165) is 44.7 Å². The first-order valence-corrected chi connectivity index (χ1v) is 7.67. The fraction of sp³-hybridized carbons (Fsp3) is 0.933. The molecule has 1 N–H and O–H groups in total. The van der Waals surface area contributed by atoms with Crippen molar-refractivity contribution in [1.29, 1.82) is 0 Å². The number of carbonyl (C=O) groups is 1. The summed E-state index contributed by atoms with van der Waals surface area (Å²) in [5.41, 5.74) is -0.529. The van der Waals surface area contributed by atoms with Crippen molar-refractivity contribution < 1.29 is 9.90 Å². The van der Waals surface area contributed by atoms with Crippen molar-refractivity contribution in [3.63, 3.8) is 0 Å². The minimum atomic E-state index is -0.568. The fourth-order valence-electron chi connectivity index (χ4n) is 3.90. The normalized spacial score (nSPS) is 34.4. The van der Waals surface area contributed by atoms with Crippen LogP contribution >= 0.6 is 0 Å². The van der Waals surface area contributed by atoms with Gasteiger partial charge in [0.1, 0.15) is 5.54 Å². The van der Waals surface area contributed by atoms with E-state index < -0.39 is 11.5 Å². The Morgan fingerprint density at radius 3 is 2.56 bits per heavy atom. The van der Waals surface area contributed by atoms with Gasteiger partial charge >= 0.3 is 5.97 Å². The van der Waals surface area contributed by atoms with Crippen LogP contribution in [0.15, 0.2) is 0 Å². The molecule has 3 heteroatoms. The van der Waals surface area contributed by atoms with Gasteiger partial charge in [0.15, 0.2) is 0 Å². The first-order valence-electron chi connectivity index (χ1n) is 7.67. The lowest BCUT2D eigenvalue weighted by Crippen LogP contribution is -2.53. The highest BCUT2D eigenvalue weighted by atomic mass is 16.4. The van der Waals surface area contributed by atoms with Crippen LogP contribution in [-0.2, 0) is 4.79 Å². The molecule has 18 heavy (non-hydrogen) atoms. The molecule has 2 unspecified atom stereocenters. The van der Waals surface area contributed by atoms with Crippen LogP contribution in [0.2, 0.25) is 0 Å². The number of hydrogen-bond acceptors (Lipinski definition) is 2. The summed E-state index contributed by atoms with van der Waals surface area (Å²) in [6.07, 6.45) is 10.0. The minimum Gasteiger partial charge on any atom is -0.480 e. The van der Waals surface area contributed by atoms with Crippen molar-refractivity contribution >= 4 is 5.97 Å². The van der Waals surface area contributed by atoms with Crippen LogP contribution < -0.4 is 0 Å².